The Hall–Kier alpha value is -3.27. The molecule has 0 atom stereocenters. The van der Waals surface area contributed by atoms with Crippen molar-refractivity contribution in [1.29, 1.82) is 0 Å². The summed E-state index contributed by atoms with van der Waals surface area (Å²) >= 11 is 0. The van der Waals surface area contributed by atoms with Gasteiger partial charge in [0.05, 0.1) is 28.7 Å². The third-order valence-electron chi connectivity index (χ3n) is 6.67. The van der Waals surface area contributed by atoms with Crippen LogP contribution >= 0.6 is 0 Å². The Kier molecular flexibility index (Phi) is 6.08. The molecule has 5 rings (SSSR count). The number of benzene rings is 1. The summed E-state index contributed by atoms with van der Waals surface area (Å²) in [5, 5.41) is 4.42. The van der Waals surface area contributed by atoms with Crippen molar-refractivity contribution >= 4 is 5.91 Å². The molecule has 7 nitrogen and oxygen atoms in total. The molecule has 1 aliphatic carbocycles. The van der Waals surface area contributed by atoms with E-state index < -0.39 is 11.7 Å². The second-order valence-electron chi connectivity index (χ2n) is 9.34. The van der Waals surface area contributed by atoms with Crippen LogP contribution in [-0.4, -0.2) is 67.7 Å². The molecular weight excluding hydrogens is 457 g/mol. The molecule has 0 spiro atoms. The topological polar surface area (TPSA) is 67.2 Å². The summed E-state index contributed by atoms with van der Waals surface area (Å²) in [6.45, 7) is 7.22. The number of nitrogens with zero attached hydrogens (tertiary/aromatic N) is 6. The van der Waals surface area contributed by atoms with Crippen LogP contribution in [0.4, 0.5) is 13.2 Å². The standard InChI is InChI=1S/C25H27F3N6O/c1-16(2)32-11-13-33(14-12-32)23(35)19-15-30-34(22(19)17-7-8-17)24-29-10-9-21(31-24)18-5-3-4-6-20(18)25(26,27)28/h3-6,9-10,15-17H,7-8,11-14H2,1-2H3. The van der Waals surface area contributed by atoms with Gasteiger partial charge < -0.3 is 4.90 Å². The minimum atomic E-state index is -4.51. The molecular formula is C25H27F3N6O. The van der Waals surface area contributed by atoms with Gasteiger partial charge in [-0.1, -0.05) is 18.2 Å². The highest BCUT2D eigenvalue weighted by Crippen LogP contribution is 2.43. The van der Waals surface area contributed by atoms with Crippen molar-refractivity contribution in [1.82, 2.24) is 29.5 Å². The fraction of sp³-hybridized carbons (Fsp3) is 0.440. The van der Waals surface area contributed by atoms with Gasteiger partial charge in [0.2, 0.25) is 0 Å². The zero-order chi connectivity index (χ0) is 24.7. The van der Waals surface area contributed by atoms with E-state index in [2.05, 4.69) is 33.8 Å². The number of alkyl halides is 3. The summed E-state index contributed by atoms with van der Waals surface area (Å²) in [5.41, 5.74) is 0.627. The average Bonchev–Trinajstić information content (AvgIpc) is 3.60. The van der Waals surface area contributed by atoms with Crippen LogP contribution in [0.1, 0.15) is 54.2 Å². The molecule has 1 amide bonds. The second kappa shape index (κ2) is 9.07. The van der Waals surface area contributed by atoms with Crippen LogP contribution in [0.3, 0.4) is 0 Å². The van der Waals surface area contributed by atoms with Crippen LogP contribution in [0.15, 0.2) is 42.7 Å². The van der Waals surface area contributed by atoms with Crippen molar-refractivity contribution in [3.05, 3.63) is 59.5 Å². The number of carbonyl (C=O) groups is 1. The minimum Gasteiger partial charge on any atom is -0.336 e. The van der Waals surface area contributed by atoms with Crippen LogP contribution < -0.4 is 0 Å². The molecule has 2 aromatic heterocycles. The van der Waals surface area contributed by atoms with Gasteiger partial charge in [0.15, 0.2) is 0 Å². The normalized spacial score (nSPS) is 17.3. The summed E-state index contributed by atoms with van der Waals surface area (Å²) in [4.78, 5) is 26.3. The van der Waals surface area contributed by atoms with Gasteiger partial charge in [0.25, 0.3) is 11.9 Å². The van der Waals surface area contributed by atoms with Crippen molar-refractivity contribution in [3.63, 3.8) is 0 Å². The number of rotatable bonds is 5. The Morgan fingerprint density at radius 2 is 1.77 bits per heavy atom. The zero-order valence-electron chi connectivity index (χ0n) is 19.7. The minimum absolute atomic E-state index is 0.0249. The van der Waals surface area contributed by atoms with Crippen molar-refractivity contribution in [2.75, 3.05) is 26.2 Å². The lowest BCUT2D eigenvalue weighted by Gasteiger charge is -2.36. The lowest BCUT2D eigenvalue weighted by molar-refractivity contribution is -0.137. The van der Waals surface area contributed by atoms with E-state index in [-0.39, 0.29) is 29.0 Å². The summed E-state index contributed by atoms with van der Waals surface area (Å²) < 4.78 is 42.2. The lowest BCUT2D eigenvalue weighted by atomic mass is 10.0. The first-order valence-electron chi connectivity index (χ1n) is 11.9. The predicted molar refractivity (Wildman–Crippen MR) is 124 cm³/mol. The molecule has 0 radical (unpaired) electrons. The first-order valence-corrected chi connectivity index (χ1v) is 11.9. The number of amides is 1. The third-order valence-corrected chi connectivity index (χ3v) is 6.67. The summed E-state index contributed by atoms with van der Waals surface area (Å²) in [6.07, 6.45) is 0.305. The van der Waals surface area contributed by atoms with Crippen molar-refractivity contribution in [2.24, 2.45) is 0 Å². The molecule has 1 saturated heterocycles. The highest BCUT2D eigenvalue weighted by molar-refractivity contribution is 5.95. The van der Waals surface area contributed by atoms with Gasteiger partial charge in [-0.05, 0) is 38.8 Å². The molecule has 2 fully saturated rings. The van der Waals surface area contributed by atoms with Gasteiger partial charge in [-0.15, -0.1) is 0 Å². The molecule has 1 aliphatic heterocycles. The average molecular weight is 485 g/mol. The highest BCUT2D eigenvalue weighted by Gasteiger charge is 2.36. The summed E-state index contributed by atoms with van der Waals surface area (Å²) in [7, 11) is 0. The number of hydrogen-bond acceptors (Lipinski definition) is 5. The molecule has 1 aromatic carbocycles. The van der Waals surface area contributed by atoms with Gasteiger partial charge in [-0.25, -0.2) is 14.6 Å². The van der Waals surface area contributed by atoms with Crippen molar-refractivity contribution in [2.45, 2.75) is 44.8 Å². The molecule has 3 heterocycles. The fourth-order valence-corrected chi connectivity index (χ4v) is 4.60. The Balaban J connectivity index is 1.48. The Morgan fingerprint density at radius 3 is 2.43 bits per heavy atom. The lowest BCUT2D eigenvalue weighted by Crippen LogP contribution is -2.50. The Morgan fingerprint density at radius 1 is 1.06 bits per heavy atom. The Labute approximate surface area is 201 Å². The molecule has 0 bridgehead atoms. The van der Waals surface area contributed by atoms with E-state index >= 15 is 0 Å². The SMILES string of the molecule is CC(C)N1CCN(C(=O)c2cnn(-c3nccc(-c4ccccc4C(F)(F)F)n3)c2C2CC2)CC1. The molecule has 10 heteroatoms. The van der Waals surface area contributed by atoms with Gasteiger partial charge in [0.1, 0.15) is 0 Å². The predicted octanol–water partition coefficient (Wildman–Crippen LogP) is 4.39. The van der Waals surface area contributed by atoms with Gasteiger partial charge >= 0.3 is 6.18 Å². The molecule has 0 N–H and O–H groups in total. The first kappa shape index (κ1) is 23.5. The van der Waals surface area contributed by atoms with Crippen LogP contribution in [0, 0.1) is 0 Å². The van der Waals surface area contributed by atoms with Crippen molar-refractivity contribution in [3.8, 4) is 17.2 Å². The quantitative estimate of drug-likeness (QED) is 0.537. The third kappa shape index (κ3) is 4.67. The van der Waals surface area contributed by atoms with E-state index in [1.807, 2.05) is 4.90 Å². The maximum atomic E-state index is 13.6. The van der Waals surface area contributed by atoms with Gasteiger partial charge in [0, 0.05) is 49.9 Å². The first-order chi connectivity index (χ1) is 16.7. The van der Waals surface area contributed by atoms with Crippen molar-refractivity contribution < 1.29 is 18.0 Å². The zero-order valence-corrected chi connectivity index (χ0v) is 19.7. The molecule has 0 unspecified atom stereocenters. The molecule has 1 saturated carbocycles. The smallest absolute Gasteiger partial charge is 0.336 e. The summed E-state index contributed by atoms with van der Waals surface area (Å²) in [5.74, 6) is 0.244. The number of carbonyl (C=O) groups excluding carboxylic acids is 1. The van der Waals surface area contributed by atoms with Crippen LogP contribution in [0.25, 0.3) is 17.2 Å². The second-order valence-corrected chi connectivity index (χ2v) is 9.34. The van der Waals surface area contributed by atoms with Gasteiger partial charge in [-0.3, -0.25) is 9.69 Å². The summed E-state index contributed by atoms with van der Waals surface area (Å²) in [6, 6.07) is 7.22. The van der Waals surface area contributed by atoms with Crippen LogP contribution in [0.2, 0.25) is 0 Å². The van der Waals surface area contributed by atoms with E-state index in [1.165, 1.54) is 29.1 Å². The van der Waals surface area contributed by atoms with E-state index in [1.54, 1.807) is 12.3 Å². The van der Waals surface area contributed by atoms with Crippen LogP contribution in [-0.2, 0) is 6.18 Å². The molecule has 184 valence electrons. The number of piperazine rings is 1. The fourth-order valence-electron chi connectivity index (χ4n) is 4.60. The largest absolute Gasteiger partial charge is 0.417 e. The van der Waals surface area contributed by atoms with E-state index in [4.69, 9.17) is 0 Å². The van der Waals surface area contributed by atoms with Crippen LogP contribution in [0.5, 0.6) is 0 Å². The monoisotopic (exact) mass is 484 g/mol. The molecule has 3 aromatic rings. The number of halogens is 3. The van der Waals surface area contributed by atoms with E-state index in [0.717, 1.165) is 37.7 Å². The molecule has 2 aliphatic rings. The highest BCUT2D eigenvalue weighted by atomic mass is 19.4. The maximum absolute atomic E-state index is 13.6. The molecule has 35 heavy (non-hydrogen) atoms. The van der Waals surface area contributed by atoms with E-state index in [9.17, 15) is 18.0 Å². The number of hydrogen-bond donors (Lipinski definition) is 0. The Bertz CT molecular complexity index is 1230. The maximum Gasteiger partial charge on any atom is 0.417 e. The number of aromatic nitrogens is 4. The van der Waals surface area contributed by atoms with E-state index in [0.29, 0.717) is 24.7 Å². The van der Waals surface area contributed by atoms with Gasteiger partial charge in [-0.2, -0.15) is 18.3 Å².